The zero-order valence-corrected chi connectivity index (χ0v) is 16.4. The number of benzene rings is 1. The van der Waals surface area contributed by atoms with Crippen molar-refractivity contribution in [1.82, 2.24) is 4.98 Å². The first kappa shape index (κ1) is 19.4. The predicted molar refractivity (Wildman–Crippen MR) is 109 cm³/mol. The third kappa shape index (κ3) is 4.29. The van der Waals surface area contributed by atoms with Gasteiger partial charge in [0.15, 0.2) is 0 Å². The molecule has 1 N–H and O–H groups in total. The van der Waals surface area contributed by atoms with Gasteiger partial charge in [-0.2, -0.15) is 0 Å². The fourth-order valence-electron chi connectivity index (χ4n) is 4.59. The smallest absolute Gasteiger partial charge is 0.0471 e. The van der Waals surface area contributed by atoms with Gasteiger partial charge in [0.2, 0.25) is 0 Å². The number of aliphatic hydroxyl groups excluding tert-OH is 1. The number of aromatic nitrogens is 1. The molecule has 4 rings (SSSR count). The second kappa shape index (κ2) is 9.01. The normalized spacial score (nSPS) is 17.0. The fraction of sp³-hybridized carbons (Fsp3) is 0.522. The Morgan fingerprint density at radius 1 is 0.923 bits per heavy atom. The van der Waals surface area contributed by atoms with Crippen molar-refractivity contribution in [2.45, 2.75) is 70.1 Å². The van der Waals surface area contributed by atoms with Crippen LogP contribution in [0.2, 0.25) is 0 Å². The van der Waals surface area contributed by atoms with Crippen molar-refractivity contribution in [2.24, 2.45) is 0 Å². The number of aryl methyl sites for hydroxylation is 1. The predicted octanol–water partition coefficient (Wildman–Crippen LogP) is 5.17. The molecular weight excluding hydrogens is 342 g/mol. The van der Waals surface area contributed by atoms with Crippen molar-refractivity contribution in [3.63, 3.8) is 0 Å². The maximum absolute atomic E-state index is 9.08. The van der Waals surface area contributed by atoms with Crippen LogP contribution in [-0.2, 0) is 25.7 Å². The van der Waals surface area contributed by atoms with Crippen LogP contribution in [0, 0.1) is 0 Å². The number of hydrogen-bond donors (Lipinski definition) is 1. The molecule has 26 heavy (non-hydrogen) atoms. The van der Waals surface area contributed by atoms with E-state index in [0.717, 1.165) is 12.8 Å². The molecule has 0 spiro atoms. The highest BCUT2D eigenvalue weighted by atomic mass is 35.5. The van der Waals surface area contributed by atoms with Crippen molar-refractivity contribution in [1.29, 1.82) is 0 Å². The summed E-state index contributed by atoms with van der Waals surface area (Å²) < 4.78 is 0. The van der Waals surface area contributed by atoms with Gasteiger partial charge in [-0.3, -0.25) is 4.98 Å². The lowest BCUT2D eigenvalue weighted by molar-refractivity contribution is 0.299. The van der Waals surface area contributed by atoms with Crippen LogP contribution in [0.5, 0.6) is 0 Å². The first-order chi connectivity index (χ1) is 12.3. The zero-order chi connectivity index (χ0) is 17.1. The molecule has 3 heteroatoms. The van der Waals surface area contributed by atoms with E-state index in [2.05, 4.69) is 30.3 Å². The molecule has 0 aliphatic heterocycles. The molecule has 1 saturated carbocycles. The minimum absolute atomic E-state index is 0. The molecule has 0 amide bonds. The molecule has 2 aromatic rings. The topological polar surface area (TPSA) is 33.1 Å². The van der Waals surface area contributed by atoms with Gasteiger partial charge >= 0.3 is 0 Å². The van der Waals surface area contributed by atoms with Gasteiger partial charge < -0.3 is 5.11 Å². The molecule has 1 fully saturated rings. The molecule has 0 bridgehead atoms. The van der Waals surface area contributed by atoms with Crippen molar-refractivity contribution in [3.05, 3.63) is 64.0 Å². The van der Waals surface area contributed by atoms with Gasteiger partial charge in [-0.15, -0.1) is 12.4 Å². The van der Waals surface area contributed by atoms with Gasteiger partial charge in [0.25, 0.3) is 0 Å². The number of rotatable bonds is 5. The lowest BCUT2D eigenvalue weighted by Crippen LogP contribution is -2.10. The Morgan fingerprint density at radius 2 is 1.65 bits per heavy atom. The van der Waals surface area contributed by atoms with E-state index in [1.807, 2.05) is 0 Å². The summed E-state index contributed by atoms with van der Waals surface area (Å²) in [4.78, 5) is 5.09. The first-order valence-electron chi connectivity index (χ1n) is 10.0. The summed E-state index contributed by atoms with van der Waals surface area (Å²) in [5, 5.41) is 9.08. The summed E-state index contributed by atoms with van der Waals surface area (Å²) in [7, 11) is 0. The number of halogens is 1. The van der Waals surface area contributed by atoms with E-state index >= 15 is 0 Å². The van der Waals surface area contributed by atoms with Gasteiger partial charge in [-0.25, -0.2) is 0 Å². The van der Waals surface area contributed by atoms with Crippen LogP contribution < -0.4 is 0 Å². The molecule has 2 aliphatic carbocycles. The van der Waals surface area contributed by atoms with Gasteiger partial charge in [-0.05, 0) is 73.3 Å². The molecule has 2 nitrogen and oxygen atoms in total. The summed E-state index contributed by atoms with van der Waals surface area (Å²) in [6.45, 7) is 0.224. The molecule has 0 radical (unpaired) electrons. The Balaban J connectivity index is 0.00000196. The van der Waals surface area contributed by atoms with Gasteiger partial charge in [0.05, 0.1) is 0 Å². The fourth-order valence-corrected chi connectivity index (χ4v) is 4.59. The second-order valence-electron chi connectivity index (χ2n) is 7.79. The minimum Gasteiger partial charge on any atom is -0.396 e. The van der Waals surface area contributed by atoms with E-state index in [9.17, 15) is 0 Å². The Morgan fingerprint density at radius 3 is 2.38 bits per heavy atom. The van der Waals surface area contributed by atoms with Crippen LogP contribution in [-0.4, -0.2) is 16.7 Å². The largest absolute Gasteiger partial charge is 0.396 e. The maximum atomic E-state index is 9.08. The summed E-state index contributed by atoms with van der Waals surface area (Å²) >= 11 is 0. The van der Waals surface area contributed by atoms with Crippen molar-refractivity contribution < 1.29 is 5.11 Å². The Kier molecular flexibility index (Phi) is 6.72. The lowest BCUT2D eigenvalue weighted by atomic mass is 9.85. The van der Waals surface area contributed by atoms with Crippen LogP contribution in [0.4, 0.5) is 0 Å². The molecular formula is C23H30ClNO. The highest BCUT2D eigenvalue weighted by Gasteiger charge is 2.22. The van der Waals surface area contributed by atoms with E-state index in [1.165, 1.54) is 85.0 Å². The SMILES string of the molecule is Cl.OCCc1ccc(Cc2cc(C3CCCCC3)nc3c2CCC3)cc1. The number of pyridine rings is 1. The van der Waals surface area contributed by atoms with E-state index < -0.39 is 0 Å². The van der Waals surface area contributed by atoms with E-state index in [4.69, 9.17) is 10.1 Å². The number of nitrogens with zero attached hydrogens (tertiary/aromatic N) is 1. The summed E-state index contributed by atoms with van der Waals surface area (Å²) in [5.74, 6) is 0.685. The third-order valence-corrected chi connectivity index (χ3v) is 6.00. The molecule has 1 heterocycles. The molecule has 140 valence electrons. The van der Waals surface area contributed by atoms with Gasteiger partial charge in [0.1, 0.15) is 0 Å². The summed E-state index contributed by atoms with van der Waals surface area (Å²) in [5.41, 5.74) is 8.38. The highest BCUT2D eigenvalue weighted by Crippen LogP contribution is 2.35. The average Bonchev–Trinajstić information content (AvgIpc) is 3.13. The summed E-state index contributed by atoms with van der Waals surface area (Å²) in [6.07, 6.45) is 12.2. The molecule has 1 aromatic heterocycles. The van der Waals surface area contributed by atoms with Crippen LogP contribution in [0.3, 0.4) is 0 Å². The van der Waals surface area contributed by atoms with Gasteiger partial charge in [0, 0.05) is 23.9 Å². The minimum atomic E-state index is 0. The number of aliphatic hydroxyl groups is 1. The quantitative estimate of drug-likeness (QED) is 0.786. The third-order valence-electron chi connectivity index (χ3n) is 6.00. The van der Waals surface area contributed by atoms with Crippen molar-refractivity contribution in [2.75, 3.05) is 6.61 Å². The standard InChI is InChI=1S/C23H29NO.ClH/c25-14-13-17-9-11-18(12-10-17)15-20-16-23(19-5-2-1-3-6-19)24-22-8-4-7-21(20)22;/h9-12,16,19,25H,1-8,13-15H2;1H. The Hall–Kier alpha value is -1.38. The zero-order valence-electron chi connectivity index (χ0n) is 15.5. The highest BCUT2D eigenvalue weighted by molar-refractivity contribution is 5.85. The van der Waals surface area contributed by atoms with E-state index in [1.54, 1.807) is 0 Å². The second-order valence-corrected chi connectivity index (χ2v) is 7.79. The lowest BCUT2D eigenvalue weighted by Gasteiger charge is -2.23. The van der Waals surface area contributed by atoms with Crippen LogP contribution in [0.25, 0.3) is 0 Å². The van der Waals surface area contributed by atoms with E-state index in [0.29, 0.717) is 5.92 Å². The van der Waals surface area contributed by atoms with Crippen LogP contribution >= 0.6 is 12.4 Å². The molecule has 1 aromatic carbocycles. The number of fused-ring (bicyclic) bond motifs is 1. The Labute approximate surface area is 163 Å². The summed E-state index contributed by atoms with van der Waals surface area (Å²) in [6, 6.07) is 11.2. The molecule has 0 saturated heterocycles. The monoisotopic (exact) mass is 371 g/mol. The Bertz CT molecular complexity index is 720. The first-order valence-corrected chi connectivity index (χ1v) is 10.0. The number of hydrogen-bond acceptors (Lipinski definition) is 2. The van der Waals surface area contributed by atoms with Crippen molar-refractivity contribution in [3.8, 4) is 0 Å². The average molecular weight is 372 g/mol. The molecule has 0 atom stereocenters. The molecule has 0 unspecified atom stereocenters. The molecule has 2 aliphatic rings. The van der Waals surface area contributed by atoms with E-state index in [-0.39, 0.29) is 19.0 Å². The van der Waals surface area contributed by atoms with Crippen molar-refractivity contribution >= 4 is 12.4 Å². The van der Waals surface area contributed by atoms with Crippen LogP contribution in [0.15, 0.2) is 30.3 Å². The van der Waals surface area contributed by atoms with Crippen LogP contribution in [0.1, 0.15) is 78.1 Å². The maximum Gasteiger partial charge on any atom is 0.0471 e. The van der Waals surface area contributed by atoms with Gasteiger partial charge in [-0.1, -0.05) is 43.5 Å².